The molecule has 0 aliphatic heterocycles. The van der Waals surface area contributed by atoms with Crippen LogP contribution in [0.3, 0.4) is 0 Å². The molecule has 21 heavy (non-hydrogen) atoms. The van der Waals surface area contributed by atoms with Crippen molar-refractivity contribution in [2.45, 2.75) is 25.3 Å². The van der Waals surface area contributed by atoms with Crippen LogP contribution in [0.4, 0.5) is 5.69 Å². The number of amides is 1. The number of ether oxygens (including phenoxy) is 1. The molecule has 110 valence electrons. The zero-order valence-electron chi connectivity index (χ0n) is 11.7. The molecule has 3 rings (SSSR count). The molecule has 4 nitrogen and oxygen atoms in total. The third kappa shape index (κ3) is 3.36. The van der Waals surface area contributed by atoms with E-state index in [1.165, 1.54) is 10.4 Å². The van der Waals surface area contributed by atoms with Crippen molar-refractivity contribution in [2.75, 3.05) is 12.3 Å². The highest BCUT2D eigenvalue weighted by atomic mass is 32.1. The molecule has 2 aromatic rings. The zero-order valence-corrected chi connectivity index (χ0v) is 12.5. The van der Waals surface area contributed by atoms with E-state index in [0.29, 0.717) is 11.4 Å². The molecule has 1 aromatic carbocycles. The van der Waals surface area contributed by atoms with E-state index in [2.05, 4.69) is 16.8 Å². The van der Waals surface area contributed by atoms with Gasteiger partial charge >= 0.3 is 0 Å². The number of nitrogens with one attached hydrogen (secondary N) is 1. The lowest BCUT2D eigenvalue weighted by Gasteiger charge is -2.23. The van der Waals surface area contributed by atoms with Crippen molar-refractivity contribution in [3.8, 4) is 5.75 Å². The third-order valence-corrected chi connectivity index (χ3v) is 4.61. The second-order valence-corrected chi connectivity index (χ2v) is 6.17. The van der Waals surface area contributed by atoms with Gasteiger partial charge in [-0.05, 0) is 48.4 Å². The smallest absolute Gasteiger partial charge is 0.258 e. The molecule has 1 atom stereocenters. The van der Waals surface area contributed by atoms with Gasteiger partial charge in [-0.15, -0.1) is 11.3 Å². The summed E-state index contributed by atoms with van der Waals surface area (Å²) in [5.74, 6) is 0.520. The van der Waals surface area contributed by atoms with Crippen molar-refractivity contribution in [2.24, 2.45) is 0 Å². The molecule has 1 amide bonds. The molecule has 0 saturated heterocycles. The quantitative estimate of drug-likeness (QED) is 0.854. The highest BCUT2D eigenvalue weighted by molar-refractivity contribution is 7.10. The highest BCUT2D eigenvalue weighted by Crippen LogP contribution is 2.33. The van der Waals surface area contributed by atoms with Crippen molar-refractivity contribution in [3.63, 3.8) is 0 Å². The van der Waals surface area contributed by atoms with E-state index in [1.807, 2.05) is 0 Å². The number of hydrogen-bond donors (Lipinski definition) is 2. The van der Waals surface area contributed by atoms with Crippen LogP contribution in [-0.4, -0.2) is 12.5 Å². The molecule has 1 heterocycles. The Morgan fingerprint density at radius 1 is 1.43 bits per heavy atom. The largest absolute Gasteiger partial charge is 0.484 e. The predicted octanol–water partition coefficient (Wildman–Crippen LogP) is 2.90. The summed E-state index contributed by atoms with van der Waals surface area (Å²) in [6.07, 6.45) is 3.24. The number of nitrogens with two attached hydrogens (primary N) is 1. The summed E-state index contributed by atoms with van der Waals surface area (Å²) in [7, 11) is 0. The molecule has 1 aliphatic carbocycles. The van der Waals surface area contributed by atoms with E-state index in [9.17, 15) is 4.79 Å². The molecule has 5 heteroatoms. The minimum absolute atomic E-state index is 0.0133. The van der Waals surface area contributed by atoms with Crippen LogP contribution in [0, 0.1) is 0 Å². The van der Waals surface area contributed by atoms with Gasteiger partial charge in [0.25, 0.3) is 5.91 Å². The molecule has 0 spiro atoms. The number of nitrogen functional groups attached to an aromatic ring is 1. The Balaban J connectivity index is 1.56. The number of fused-ring (bicyclic) bond motifs is 1. The van der Waals surface area contributed by atoms with Crippen molar-refractivity contribution < 1.29 is 9.53 Å². The number of hydrogen-bond acceptors (Lipinski definition) is 4. The Morgan fingerprint density at radius 2 is 2.33 bits per heavy atom. The highest BCUT2D eigenvalue weighted by Gasteiger charge is 2.22. The summed E-state index contributed by atoms with van der Waals surface area (Å²) in [5, 5.41) is 5.15. The number of carbonyl (C=O) groups excluding carboxylic acids is 1. The fourth-order valence-electron chi connectivity index (χ4n) is 2.63. The first kappa shape index (κ1) is 13.9. The fourth-order valence-corrected chi connectivity index (χ4v) is 3.61. The lowest BCUT2D eigenvalue weighted by Crippen LogP contribution is -2.34. The van der Waals surface area contributed by atoms with Crippen LogP contribution in [0.1, 0.15) is 29.3 Å². The van der Waals surface area contributed by atoms with E-state index < -0.39 is 0 Å². The van der Waals surface area contributed by atoms with Crippen molar-refractivity contribution in [3.05, 3.63) is 46.2 Å². The van der Waals surface area contributed by atoms with Gasteiger partial charge in [-0.2, -0.15) is 0 Å². The minimum Gasteiger partial charge on any atom is -0.484 e. The number of thiophene rings is 1. The average molecular weight is 302 g/mol. The van der Waals surface area contributed by atoms with Gasteiger partial charge in [0, 0.05) is 16.6 Å². The Hall–Kier alpha value is -2.01. The maximum absolute atomic E-state index is 12.0. The summed E-state index contributed by atoms with van der Waals surface area (Å²) < 4.78 is 5.47. The standard InChI is InChI=1S/C16H18N2O2S/c17-11-3-1-4-12(9-11)20-10-16(19)18-14-5-2-6-15-13(14)7-8-21-15/h1,3-4,7-9,14H,2,5-6,10,17H2,(H,18,19). The van der Waals surface area contributed by atoms with E-state index in [-0.39, 0.29) is 18.6 Å². The summed E-state index contributed by atoms with van der Waals surface area (Å²) in [6.45, 7) is 0.0133. The van der Waals surface area contributed by atoms with Crippen LogP contribution >= 0.6 is 11.3 Å². The summed E-state index contributed by atoms with van der Waals surface area (Å²) in [4.78, 5) is 13.4. The number of benzene rings is 1. The van der Waals surface area contributed by atoms with Crippen LogP contribution < -0.4 is 15.8 Å². The number of carbonyl (C=O) groups is 1. The Labute approximate surface area is 127 Å². The average Bonchev–Trinajstić information content (AvgIpc) is 2.95. The third-order valence-electron chi connectivity index (χ3n) is 3.62. The Bertz CT molecular complexity index is 639. The SMILES string of the molecule is Nc1cccc(OCC(=O)NC2CCCc3sccc32)c1. The lowest BCUT2D eigenvalue weighted by atomic mass is 9.94. The van der Waals surface area contributed by atoms with Crippen molar-refractivity contribution in [1.29, 1.82) is 0 Å². The summed E-state index contributed by atoms with van der Waals surface area (Å²) >= 11 is 1.77. The van der Waals surface area contributed by atoms with E-state index in [1.54, 1.807) is 35.6 Å². The maximum Gasteiger partial charge on any atom is 0.258 e. The van der Waals surface area contributed by atoms with Gasteiger partial charge in [-0.1, -0.05) is 6.07 Å². The number of aryl methyl sites for hydroxylation is 1. The summed E-state index contributed by atoms with van der Waals surface area (Å²) in [5.41, 5.74) is 7.57. The Morgan fingerprint density at radius 3 is 3.19 bits per heavy atom. The zero-order chi connectivity index (χ0) is 14.7. The van der Waals surface area contributed by atoms with E-state index in [4.69, 9.17) is 10.5 Å². The monoisotopic (exact) mass is 302 g/mol. The van der Waals surface area contributed by atoms with Crippen LogP contribution in [0.15, 0.2) is 35.7 Å². The summed E-state index contributed by atoms with van der Waals surface area (Å²) in [6, 6.07) is 9.33. The number of anilines is 1. The molecular weight excluding hydrogens is 284 g/mol. The second kappa shape index (κ2) is 6.18. The van der Waals surface area contributed by atoms with Gasteiger partial charge in [0.05, 0.1) is 6.04 Å². The molecule has 0 saturated carbocycles. The second-order valence-electron chi connectivity index (χ2n) is 5.17. The van der Waals surface area contributed by atoms with E-state index >= 15 is 0 Å². The molecule has 0 radical (unpaired) electrons. The van der Waals surface area contributed by atoms with Gasteiger partial charge in [0.15, 0.2) is 6.61 Å². The molecule has 0 fully saturated rings. The molecule has 1 unspecified atom stereocenters. The van der Waals surface area contributed by atoms with Crippen molar-refractivity contribution >= 4 is 22.9 Å². The molecular formula is C16H18N2O2S. The minimum atomic E-state index is -0.0959. The van der Waals surface area contributed by atoms with Gasteiger partial charge in [0.2, 0.25) is 0 Å². The topological polar surface area (TPSA) is 64.3 Å². The van der Waals surface area contributed by atoms with Crippen LogP contribution in [0.25, 0.3) is 0 Å². The Kier molecular flexibility index (Phi) is 4.10. The van der Waals surface area contributed by atoms with E-state index in [0.717, 1.165) is 19.3 Å². The van der Waals surface area contributed by atoms with Crippen LogP contribution in [0.2, 0.25) is 0 Å². The first-order valence-corrected chi connectivity index (χ1v) is 7.94. The molecule has 3 N–H and O–H groups in total. The number of rotatable bonds is 4. The lowest BCUT2D eigenvalue weighted by molar-refractivity contribution is -0.123. The molecule has 1 aromatic heterocycles. The fraction of sp³-hybridized carbons (Fsp3) is 0.312. The van der Waals surface area contributed by atoms with Gasteiger partial charge < -0.3 is 15.8 Å². The van der Waals surface area contributed by atoms with Gasteiger partial charge in [-0.3, -0.25) is 4.79 Å². The predicted molar refractivity (Wildman–Crippen MR) is 84.5 cm³/mol. The van der Waals surface area contributed by atoms with Crippen molar-refractivity contribution in [1.82, 2.24) is 5.32 Å². The van der Waals surface area contributed by atoms with Gasteiger partial charge in [0.1, 0.15) is 5.75 Å². The van der Waals surface area contributed by atoms with Crippen LogP contribution in [0.5, 0.6) is 5.75 Å². The first-order chi connectivity index (χ1) is 10.2. The van der Waals surface area contributed by atoms with Gasteiger partial charge in [-0.25, -0.2) is 0 Å². The molecule has 0 bridgehead atoms. The van der Waals surface area contributed by atoms with Crippen LogP contribution in [-0.2, 0) is 11.2 Å². The maximum atomic E-state index is 12.0. The normalized spacial score (nSPS) is 17.0. The first-order valence-electron chi connectivity index (χ1n) is 7.06. The molecule has 1 aliphatic rings.